The van der Waals surface area contributed by atoms with Gasteiger partial charge in [0.25, 0.3) is 5.91 Å². The monoisotopic (exact) mass is 218 g/mol. The zero-order valence-electron chi connectivity index (χ0n) is 9.10. The van der Waals surface area contributed by atoms with Gasteiger partial charge in [0, 0.05) is 6.54 Å². The van der Waals surface area contributed by atoms with Gasteiger partial charge in [0.15, 0.2) is 5.75 Å². The molecule has 0 aromatic heterocycles. The third-order valence-corrected chi connectivity index (χ3v) is 2.25. The first kappa shape index (κ1) is 11.9. The van der Waals surface area contributed by atoms with Crippen molar-refractivity contribution in [3.05, 3.63) is 23.8 Å². The smallest absolute Gasteiger partial charge is 0.258 e. The van der Waals surface area contributed by atoms with Crippen LogP contribution in [0.15, 0.2) is 18.2 Å². The molecule has 4 heteroatoms. The standard InChI is InChI=1S/C12H14N2O2/c1-3-8-14(4-2)12(16)9-6-5-7-10(13)11(9)15/h1,5-7,15H,4,8,13H2,2H3. The Hall–Kier alpha value is -2.15. The van der Waals surface area contributed by atoms with Crippen LogP contribution in [0.5, 0.6) is 5.75 Å². The molecule has 0 aliphatic carbocycles. The van der Waals surface area contributed by atoms with Crippen molar-refractivity contribution in [2.24, 2.45) is 0 Å². The third kappa shape index (κ3) is 2.26. The number of para-hydroxylation sites is 1. The lowest BCUT2D eigenvalue weighted by molar-refractivity contribution is 0.0782. The van der Waals surface area contributed by atoms with Crippen molar-refractivity contribution < 1.29 is 9.90 Å². The number of phenols is 1. The minimum absolute atomic E-state index is 0.178. The highest BCUT2D eigenvalue weighted by atomic mass is 16.3. The van der Waals surface area contributed by atoms with Gasteiger partial charge in [0.05, 0.1) is 17.8 Å². The van der Waals surface area contributed by atoms with Crippen molar-refractivity contribution in [2.75, 3.05) is 18.8 Å². The Morgan fingerprint density at radius 1 is 1.62 bits per heavy atom. The average molecular weight is 218 g/mol. The molecule has 0 fully saturated rings. The van der Waals surface area contributed by atoms with E-state index in [4.69, 9.17) is 12.2 Å². The number of nitrogens with zero attached hydrogens (tertiary/aromatic N) is 1. The van der Waals surface area contributed by atoms with Gasteiger partial charge in [-0.2, -0.15) is 0 Å². The molecular formula is C12H14N2O2. The van der Waals surface area contributed by atoms with Gasteiger partial charge >= 0.3 is 0 Å². The number of nitrogen functional groups attached to an aromatic ring is 1. The maximum Gasteiger partial charge on any atom is 0.258 e. The lowest BCUT2D eigenvalue weighted by atomic mass is 10.1. The lowest BCUT2D eigenvalue weighted by Crippen LogP contribution is -2.31. The molecule has 0 unspecified atom stereocenters. The molecule has 0 bridgehead atoms. The van der Waals surface area contributed by atoms with Crippen molar-refractivity contribution in [3.63, 3.8) is 0 Å². The summed E-state index contributed by atoms with van der Waals surface area (Å²) in [6.45, 7) is 2.51. The van der Waals surface area contributed by atoms with Crippen LogP contribution in [0.1, 0.15) is 17.3 Å². The summed E-state index contributed by atoms with van der Waals surface area (Å²) in [6.07, 6.45) is 5.16. The quantitative estimate of drug-likeness (QED) is 0.453. The van der Waals surface area contributed by atoms with Crippen molar-refractivity contribution >= 4 is 11.6 Å². The second-order valence-electron chi connectivity index (χ2n) is 3.27. The molecule has 1 aromatic rings. The highest BCUT2D eigenvalue weighted by Crippen LogP contribution is 2.25. The van der Waals surface area contributed by atoms with E-state index >= 15 is 0 Å². The molecular weight excluding hydrogens is 204 g/mol. The molecule has 0 heterocycles. The van der Waals surface area contributed by atoms with Gasteiger partial charge in [-0.15, -0.1) is 6.42 Å². The van der Waals surface area contributed by atoms with Gasteiger partial charge in [-0.3, -0.25) is 4.79 Å². The largest absolute Gasteiger partial charge is 0.505 e. The van der Waals surface area contributed by atoms with E-state index in [-0.39, 0.29) is 29.5 Å². The molecule has 1 aromatic carbocycles. The van der Waals surface area contributed by atoms with Crippen molar-refractivity contribution in [2.45, 2.75) is 6.92 Å². The Morgan fingerprint density at radius 3 is 2.88 bits per heavy atom. The molecule has 84 valence electrons. The molecule has 1 rings (SSSR count). The summed E-state index contributed by atoms with van der Waals surface area (Å²) in [6, 6.07) is 4.67. The number of hydrogen-bond donors (Lipinski definition) is 2. The number of amides is 1. The molecule has 0 saturated heterocycles. The van der Waals surface area contributed by atoms with Gasteiger partial charge < -0.3 is 15.7 Å². The van der Waals surface area contributed by atoms with Gasteiger partial charge in [0.1, 0.15) is 0 Å². The predicted octanol–water partition coefficient (Wildman–Crippen LogP) is 1.07. The van der Waals surface area contributed by atoms with Crippen LogP contribution in [-0.4, -0.2) is 29.0 Å². The molecule has 1 amide bonds. The second-order valence-corrected chi connectivity index (χ2v) is 3.27. The number of aromatic hydroxyl groups is 1. The molecule has 4 nitrogen and oxygen atoms in total. The summed E-state index contributed by atoms with van der Waals surface area (Å²) in [5.74, 6) is 1.89. The van der Waals surface area contributed by atoms with E-state index in [2.05, 4.69) is 5.92 Å². The van der Waals surface area contributed by atoms with E-state index in [1.165, 1.54) is 17.0 Å². The number of terminal acetylenes is 1. The Kier molecular flexibility index (Phi) is 3.78. The highest BCUT2D eigenvalue weighted by Gasteiger charge is 2.17. The molecule has 0 saturated carbocycles. The maximum absolute atomic E-state index is 12.0. The Bertz CT molecular complexity index is 435. The number of rotatable bonds is 3. The van der Waals surface area contributed by atoms with Gasteiger partial charge in [-0.25, -0.2) is 0 Å². The molecule has 0 aliphatic heterocycles. The molecule has 3 N–H and O–H groups in total. The van der Waals surface area contributed by atoms with Crippen LogP contribution in [0.4, 0.5) is 5.69 Å². The normalized spacial score (nSPS) is 9.50. The molecule has 0 spiro atoms. The summed E-state index contributed by atoms with van der Waals surface area (Å²) in [7, 11) is 0. The van der Waals surface area contributed by atoms with Gasteiger partial charge in [-0.05, 0) is 19.1 Å². The van der Waals surface area contributed by atoms with E-state index in [1.807, 2.05) is 6.92 Å². The number of anilines is 1. The molecule has 0 aliphatic rings. The predicted molar refractivity (Wildman–Crippen MR) is 62.9 cm³/mol. The second kappa shape index (κ2) is 5.08. The van der Waals surface area contributed by atoms with E-state index in [0.717, 1.165) is 0 Å². The third-order valence-electron chi connectivity index (χ3n) is 2.25. The fourth-order valence-electron chi connectivity index (χ4n) is 1.34. The maximum atomic E-state index is 12.0. The van der Waals surface area contributed by atoms with E-state index in [9.17, 15) is 9.90 Å². The van der Waals surface area contributed by atoms with Gasteiger partial charge in [-0.1, -0.05) is 12.0 Å². The van der Waals surface area contributed by atoms with Crippen LogP contribution < -0.4 is 5.73 Å². The lowest BCUT2D eigenvalue weighted by Gasteiger charge is -2.18. The van der Waals surface area contributed by atoms with E-state index < -0.39 is 0 Å². The zero-order chi connectivity index (χ0) is 12.1. The van der Waals surface area contributed by atoms with Crippen molar-refractivity contribution in [3.8, 4) is 18.1 Å². The highest BCUT2D eigenvalue weighted by molar-refractivity contribution is 5.98. The first-order valence-electron chi connectivity index (χ1n) is 4.92. The molecule has 16 heavy (non-hydrogen) atoms. The summed E-state index contributed by atoms with van der Waals surface area (Å²) in [5.41, 5.74) is 5.87. The van der Waals surface area contributed by atoms with Crippen molar-refractivity contribution in [1.29, 1.82) is 0 Å². The van der Waals surface area contributed by atoms with Crippen molar-refractivity contribution in [1.82, 2.24) is 4.90 Å². The number of nitrogens with two attached hydrogens (primary N) is 1. The van der Waals surface area contributed by atoms with E-state index in [1.54, 1.807) is 6.07 Å². The summed E-state index contributed by atoms with van der Waals surface area (Å²) in [4.78, 5) is 13.4. The average Bonchev–Trinajstić information content (AvgIpc) is 2.29. The van der Waals surface area contributed by atoms with Gasteiger partial charge in [0.2, 0.25) is 0 Å². The van der Waals surface area contributed by atoms with Crippen LogP contribution in [0.2, 0.25) is 0 Å². The minimum atomic E-state index is -0.315. The summed E-state index contributed by atoms with van der Waals surface area (Å²) in [5, 5.41) is 9.66. The number of benzene rings is 1. The topological polar surface area (TPSA) is 66.6 Å². The Labute approximate surface area is 94.7 Å². The fourth-order valence-corrected chi connectivity index (χ4v) is 1.34. The summed E-state index contributed by atoms with van der Waals surface area (Å²) >= 11 is 0. The Morgan fingerprint density at radius 2 is 2.31 bits per heavy atom. The minimum Gasteiger partial charge on any atom is -0.505 e. The SMILES string of the molecule is C#CCN(CC)C(=O)c1cccc(N)c1O. The first-order chi connectivity index (χ1) is 7.61. The van der Waals surface area contributed by atoms with Crippen LogP contribution in [-0.2, 0) is 0 Å². The number of carbonyl (C=O) groups is 1. The van der Waals surface area contributed by atoms with Crippen LogP contribution in [0.3, 0.4) is 0 Å². The molecule has 0 radical (unpaired) electrons. The zero-order valence-corrected chi connectivity index (χ0v) is 9.10. The number of hydrogen-bond acceptors (Lipinski definition) is 3. The van der Waals surface area contributed by atoms with E-state index in [0.29, 0.717) is 6.54 Å². The van der Waals surface area contributed by atoms with Crippen LogP contribution in [0, 0.1) is 12.3 Å². The van der Waals surface area contributed by atoms with Crippen LogP contribution >= 0.6 is 0 Å². The van der Waals surface area contributed by atoms with Crippen LogP contribution in [0.25, 0.3) is 0 Å². The fraction of sp³-hybridized carbons (Fsp3) is 0.250. The molecule has 0 atom stereocenters. The summed E-state index contributed by atoms with van der Waals surface area (Å²) < 4.78 is 0. The first-order valence-corrected chi connectivity index (χ1v) is 4.92. The number of phenolic OH excluding ortho intramolecular Hbond substituents is 1. The Balaban J connectivity index is 3.05. The number of carbonyl (C=O) groups excluding carboxylic acids is 1.